The molecule has 0 aromatic carbocycles. The number of aromatic nitrogens is 3. The van der Waals surface area contributed by atoms with Gasteiger partial charge in [-0.2, -0.15) is 5.10 Å². The van der Waals surface area contributed by atoms with Gasteiger partial charge in [0.15, 0.2) is 5.65 Å². The molecule has 0 aliphatic rings. The molecule has 0 spiro atoms. The minimum absolute atomic E-state index is 0.567. The fourth-order valence-electron chi connectivity index (χ4n) is 1.22. The van der Waals surface area contributed by atoms with E-state index in [4.69, 9.17) is 6.42 Å². The zero-order valence-electron chi connectivity index (χ0n) is 7.64. The molecular weight excluding hydrogens is 176 g/mol. The van der Waals surface area contributed by atoms with Gasteiger partial charge in [0.25, 0.3) is 0 Å². The Morgan fingerprint density at radius 3 is 3.36 bits per heavy atom. The van der Waals surface area contributed by atoms with Crippen LogP contribution in [0.25, 0.3) is 5.65 Å². The number of rotatable bonds is 3. The molecule has 0 radical (unpaired) electrons. The zero-order chi connectivity index (χ0) is 9.80. The van der Waals surface area contributed by atoms with Crippen molar-refractivity contribution >= 4 is 5.65 Å². The SMILES string of the molecule is C#CCNCc1cnc2ccnn2c1. The van der Waals surface area contributed by atoms with Gasteiger partial charge in [-0.1, -0.05) is 5.92 Å². The van der Waals surface area contributed by atoms with Gasteiger partial charge in [-0.05, 0) is 0 Å². The number of hydrogen-bond donors (Lipinski definition) is 1. The van der Waals surface area contributed by atoms with E-state index in [1.165, 1.54) is 0 Å². The first kappa shape index (κ1) is 8.73. The van der Waals surface area contributed by atoms with E-state index in [9.17, 15) is 0 Å². The summed E-state index contributed by atoms with van der Waals surface area (Å²) in [7, 11) is 0. The Balaban J connectivity index is 2.14. The predicted molar refractivity (Wildman–Crippen MR) is 53.5 cm³/mol. The fourth-order valence-corrected chi connectivity index (χ4v) is 1.22. The van der Waals surface area contributed by atoms with Gasteiger partial charge in [0, 0.05) is 30.6 Å². The Morgan fingerprint density at radius 1 is 1.57 bits per heavy atom. The Bertz CT molecular complexity index is 466. The Labute approximate surface area is 82.0 Å². The summed E-state index contributed by atoms with van der Waals surface area (Å²) in [5.74, 6) is 2.52. The minimum atomic E-state index is 0.567. The highest BCUT2D eigenvalue weighted by molar-refractivity contribution is 5.35. The third-order valence-electron chi connectivity index (χ3n) is 1.86. The van der Waals surface area contributed by atoms with Crippen LogP contribution < -0.4 is 5.32 Å². The number of nitrogens with one attached hydrogen (secondary N) is 1. The molecule has 0 amide bonds. The fraction of sp³-hybridized carbons (Fsp3) is 0.200. The summed E-state index contributed by atoms with van der Waals surface area (Å²) >= 11 is 0. The number of terminal acetylenes is 1. The average molecular weight is 186 g/mol. The van der Waals surface area contributed by atoms with Crippen molar-refractivity contribution in [3.8, 4) is 12.3 Å². The molecule has 0 aliphatic heterocycles. The third kappa shape index (κ3) is 1.73. The van der Waals surface area contributed by atoms with Crippen LogP contribution in [0.4, 0.5) is 0 Å². The zero-order valence-corrected chi connectivity index (χ0v) is 7.64. The number of fused-ring (bicyclic) bond motifs is 1. The van der Waals surface area contributed by atoms with Crippen molar-refractivity contribution in [2.75, 3.05) is 6.54 Å². The maximum absolute atomic E-state index is 5.12. The highest BCUT2D eigenvalue weighted by atomic mass is 15.2. The summed E-state index contributed by atoms with van der Waals surface area (Å²) in [6.07, 6.45) is 10.6. The van der Waals surface area contributed by atoms with Gasteiger partial charge >= 0.3 is 0 Å². The van der Waals surface area contributed by atoms with Crippen LogP contribution in [0.15, 0.2) is 24.7 Å². The van der Waals surface area contributed by atoms with E-state index in [1.807, 2.05) is 18.5 Å². The molecule has 70 valence electrons. The molecule has 2 rings (SSSR count). The minimum Gasteiger partial charge on any atom is -0.302 e. The molecule has 0 bridgehead atoms. The lowest BCUT2D eigenvalue weighted by molar-refractivity contribution is 0.755. The van der Waals surface area contributed by atoms with Crippen LogP contribution in [0, 0.1) is 12.3 Å². The molecule has 2 heterocycles. The largest absolute Gasteiger partial charge is 0.302 e. The van der Waals surface area contributed by atoms with Gasteiger partial charge in [-0.3, -0.25) is 0 Å². The standard InChI is InChI=1S/C10H10N4/c1-2-4-11-6-9-7-12-10-3-5-13-14(10)8-9/h1,3,5,7-8,11H,4,6H2. The molecule has 2 aromatic heterocycles. The average Bonchev–Trinajstić information content (AvgIpc) is 2.65. The first-order chi connectivity index (χ1) is 6.90. The summed E-state index contributed by atoms with van der Waals surface area (Å²) in [4.78, 5) is 4.23. The monoisotopic (exact) mass is 186 g/mol. The van der Waals surface area contributed by atoms with Gasteiger partial charge in [-0.15, -0.1) is 6.42 Å². The van der Waals surface area contributed by atoms with E-state index < -0.39 is 0 Å². The van der Waals surface area contributed by atoms with Gasteiger partial charge in [-0.25, -0.2) is 9.50 Å². The van der Waals surface area contributed by atoms with E-state index >= 15 is 0 Å². The van der Waals surface area contributed by atoms with Crippen LogP contribution in [0.2, 0.25) is 0 Å². The van der Waals surface area contributed by atoms with Gasteiger partial charge in [0.2, 0.25) is 0 Å². The van der Waals surface area contributed by atoms with E-state index in [0.717, 1.165) is 11.2 Å². The van der Waals surface area contributed by atoms with Crippen LogP contribution >= 0.6 is 0 Å². The highest BCUT2D eigenvalue weighted by Gasteiger charge is 1.96. The second-order valence-electron chi connectivity index (χ2n) is 2.90. The quantitative estimate of drug-likeness (QED) is 0.559. The molecule has 0 aliphatic carbocycles. The van der Waals surface area contributed by atoms with E-state index in [2.05, 4.69) is 21.3 Å². The first-order valence-electron chi connectivity index (χ1n) is 4.32. The topological polar surface area (TPSA) is 42.2 Å². The molecule has 14 heavy (non-hydrogen) atoms. The molecule has 0 fully saturated rings. The van der Waals surface area contributed by atoms with Gasteiger partial charge in [0.1, 0.15) is 0 Å². The molecular formula is C10H10N4. The molecule has 0 saturated carbocycles. The molecule has 0 atom stereocenters. The lowest BCUT2D eigenvalue weighted by atomic mass is 10.3. The third-order valence-corrected chi connectivity index (χ3v) is 1.86. The van der Waals surface area contributed by atoms with Crippen LogP contribution in [0.3, 0.4) is 0 Å². The molecule has 0 saturated heterocycles. The van der Waals surface area contributed by atoms with E-state index in [-0.39, 0.29) is 0 Å². The first-order valence-corrected chi connectivity index (χ1v) is 4.32. The Morgan fingerprint density at radius 2 is 2.50 bits per heavy atom. The van der Waals surface area contributed by atoms with Gasteiger partial charge < -0.3 is 5.32 Å². The van der Waals surface area contributed by atoms with Crippen molar-refractivity contribution in [2.45, 2.75) is 6.54 Å². The predicted octanol–water partition coefficient (Wildman–Crippen LogP) is 0.452. The Kier molecular flexibility index (Phi) is 2.43. The maximum atomic E-state index is 5.12. The summed E-state index contributed by atoms with van der Waals surface area (Å²) in [5.41, 5.74) is 1.92. The summed E-state index contributed by atoms with van der Waals surface area (Å²) in [5, 5.41) is 7.18. The number of nitrogens with zero attached hydrogens (tertiary/aromatic N) is 3. The molecule has 4 heteroatoms. The second kappa shape index (κ2) is 3.90. The van der Waals surface area contributed by atoms with Crippen molar-refractivity contribution in [3.05, 3.63) is 30.2 Å². The van der Waals surface area contributed by atoms with E-state index in [1.54, 1.807) is 10.7 Å². The van der Waals surface area contributed by atoms with Crippen molar-refractivity contribution in [3.63, 3.8) is 0 Å². The lowest BCUT2D eigenvalue weighted by Gasteiger charge is -2.01. The van der Waals surface area contributed by atoms with Crippen LogP contribution in [-0.4, -0.2) is 21.1 Å². The van der Waals surface area contributed by atoms with Crippen molar-refractivity contribution in [2.24, 2.45) is 0 Å². The van der Waals surface area contributed by atoms with Crippen molar-refractivity contribution in [1.82, 2.24) is 19.9 Å². The highest BCUT2D eigenvalue weighted by Crippen LogP contribution is 2.00. The van der Waals surface area contributed by atoms with Crippen molar-refractivity contribution in [1.29, 1.82) is 0 Å². The number of hydrogen-bond acceptors (Lipinski definition) is 3. The molecule has 4 nitrogen and oxygen atoms in total. The maximum Gasteiger partial charge on any atom is 0.154 e. The van der Waals surface area contributed by atoms with Gasteiger partial charge in [0.05, 0.1) is 12.7 Å². The Hall–Kier alpha value is -1.86. The lowest BCUT2D eigenvalue weighted by Crippen LogP contribution is -2.13. The summed E-state index contributed by atoms with van der Waals surface area (Å²) in [6.45, 7) is 1.28. The van der Waals surface area contributed by atoms with Crippen molar-refractivity contribution < 1.29 is 0 Å². The molecule has 2 aromatic rings. The van der Waals surface area contributed by atoms with Crippen LogP contribution in [0.5, 0.6) is 0 Å². The molecule has 0 unspecified atom stereocenters. The van der Waals surface area contributed by atoms with E-state index in [0.29, 0.717) is 13.1 Å². The second-order valence-corrected chi connectivity index (χ2v) is 2.90. The van der Waals surface area contributed by atoms with Crippen LogP contribution in [0.1, 0.15) is 5.56 Å². The normalized spacial score (nSPS) is 10.2. The smallest absolute Gasteiger partial charge is 0.154 e. The van der Waals surface area contributed by atoms with Crippen LogP contribution in [-0.2, 0) is 6.54 Å². The summed E-state index contributed by atoms with van der Waals surface area (Å²) in [6, 6.07) is 1.86. The molecule has 1 N–H and O–H groups in total. The summed E-state index contributed by atoms with van der Waals surface area (Å²) < 4.78 is 1.74.